The van der Waals surface area contributed by atoms with Crippen LogP contribution in [0.5, 0.6) is 11.5 Å². The van der Waals surface area contributed by atoms with Crippen LogP contribution < -0.4 is 14.8 Å². The predicted molar refractivity (Wildman–Crippen MR) is 81.5 cm³/mol. The molecule has 0 saturated carbocycles. The van der Waals surface area contributed by atoms with E-state index in [1.54, 1.807) is 7.11 Å². The molecule has 0 aliphatic carbocycles. The Labute approximate surface area is 121 Å². The number of benzene rings is 1. The quantitative estimate of drug-likeness (QED) is 0.528. The first-order valence-electron chi connectivity index (χ1n) is 6.90. The van der Waals surface area contributed by atoms with Crippen molar-refractivity contribution < 1.29 is 14.2 Å². The molecule has 0 heterocycles. The number of ether oxygens (including phenoxy) is 3. The van der Waals surface area contributed by atoms with Crippen LogP contribution in [0.4, 0.5) is 0 Å². The van der Waals surface area contributed by atoms with Gasteiger partial charge in [-0.1, -0.05) is 18.2 Å². The van der Waals surface area contributed by atoms with Crippen molar-refractivity contribution in [2.24, 2.45) is 0 Å². The van der Waals surface area contributed by atoms with Crippen molar-refractivity contribution in [3.8, 4) is 11.5 Å². The van der Waals surface area contributed by atoms with Crippen LogP contribution in [0, 0.1) is 0 Å². The Morgan fingerprint density at radius 2 is 2.10 bits per heavy atom. The summed E-state index contributed by atoms with van der Waals surface area (Å²) >= 11 is 0. The first-order valence-corrected chi connectivity index (χ1v) is 6.90. The highest BCUT2D eigenvalue weighted by molar-refractivity contribution is 5.42. The third kappa shape index (κ3) is 6.08. The van der Waals surface area contributed by atoms with Gasteiger partial charge in [0.05, 0.1) is 26.9 Å². The van der Waals surface area contributed by atoms with Crippen molar-refractivity contribution in [1.82, 2.24) is 5.32 Å². The van der Waals surface area contributed by atoms with E-state index in [-0.39, 0.29) is 0 Å². The predicted octanol–water partition coefficient (Wildman–Crippen LogP) is 2.78. The van der Waals surface area contributed by atoms with E-state index in [1.807, 2.05) is 32.0 Å². The summed E-state index contributed by atoms with van der Waals surface area (Å²) in [5.74, 6) is 1.55. The van der Waals surface area contributed by atoms with Gasteiger partial charge in [0.25, 0.3) is 0 Å². The molecule has 0 unspecified atom stereocenters. The average Bonchev–Trinajstić information content (AvgIpc) is 2.43. The third-order valence-corrected chi connectivity index (χ3v) is 2.63. The fraction of sp³-hybridized carbons (Fsp3) is 0.500. The monoisotopic (exact) mass is 279 g/mol. The minimum atomic E-state index is 0.624. The van der Waals surface area contributed by atoms with Crippen LogP contribution in [0.1, 0.15) is 19.4 Å². The zero-order chi connectivity index (χ0) is 14.8. The van der Waals surface area contributed by atoms with Crippen LogP contribution in [-0.2, 0) is 11.3 Å². The molecule has 1 N–H and O–H groups in total. The van der Waals surface area contributed by atoms with Crippen LogP contribution >= 0.6 is 0 Å². The van der Waals surface area contributed by atoms with Crippen LogP contribution in [0.25, 0.3) is 0 Å². The third-order valence-electron chi connectivity index (χ3n) is 2.63. The normalized spacial score (nSPS) is 10.3. The number of hydrogen-bond donors (Lipinski definition) is 1. The molecule has 4 heteroatoms. The fourth-order valence-electron chi connectivity index (χ4n) is 1.72. The SMILES string of the molecule is C=C(C)COCCNCc1ccc(OC)c(OCC)c1. The zero-order valence-electron chi connectivity index (χ0n) is 12.7. The first-order chi connectivity index (χ1) is 9.67. The summed E-state index contributed by atoms with van der Waals surface area (Å²) in [5, 5.41) is 3.33. The van der Waals surface area contributed by atoms with Gasteiger partial charge in [-0.15, -0.1) is 0 Å². The molecule has 1 aromatic carbocycles. The molecule has 0 saturated heterocycles. The molecule has 20 heavy (non-hydrogen) atoms. The summed E-state index contributed by atoms with van der Waals surface area (Å²) in [6.07, 6.45) is 0. The minimum absolute atomic E-state index is 0.624. The van der Waals surface area contributed by atoms with Crippen LogP contribution in [0.3, 0.4) is 0 Å². The van der Waals surface area contributed by atoms with Gasteiger partial charge >= 0.3 is 0 Å². The molecule has 0 aromatic heterocycles. The Morgan fingerprint density at radius 1 is 1.30 bits per heavy atom. The summed E-state index contributed by atoms with van der Waals surface area (Å²) in [6, 6.07) is 5.97. The Hall–Kier alpha value is -1.52. The van der Waals surface area contributed by atoms with Crippen molar-refractivity contribution in [1.29, 1.82) is 0 Å². The Morgan fingerprint density at radius 3 is 2.75 bits per heavy atom. The fourth-order valence-corrected chi connectivity index (χ4v) is 1.72. The lowest BCUT2D eigenvalue weighted by Crippen LogP contribution is -2.19. The maximum Gasteiger partial charge on any atom is 0.161 e. The largest absolute Gasteiger partial charge is 0.493 e. The van der Waals surface area contributed by atoms with E-state index in [4.69, 9.17) is 14.2 Å². The maximum atomic E-state index is 5.55. The average molecular weight is 279 g/mol. The van der Waals surface area contributed by atoms with Gasteiger partial charge in [-0.3, -0.25) is 0 Å². The second-order valence-electron chi connectivity index (χ2n) is 4.60. The van der Waals surface area contributed by atoms with Gasteiger partial charge in [-0.2, -0.15) is 0 Å². The topological polar surface area (TPSA) is 39.7 Å². The van der Waals surface area contributed by atoms with Gasteiger partial charge in [0, 0.05) is 13.1 Å². The summed E-state index contributed by atoms with van der Waals surface area (Å²) in [5.41, 5.74) is 2.20. The van der Waals surface area contributed by atoms with Crippen molar-refractivity contribution in [2.45, 2.75) is 20.4 Å². The molecular formula is C16H25NO3. The molecule has 0 bridgehead atoms. The standard InChI is InChI=1S/C16H25NO3/c1-5-20-16-10-14(6-7-15(16)18-4)11-17-8-9-19-12-13(2)3/h6-7,10,17H,2,5,8-9,11-12H2,1,3-4H3. The highest BCUT2D eigenvalue weighted by Crippen LogP contribution is 2.27. The van der Waals surface area contributed by atoms with Crippen molar-refractivity contribution in [3.05, 3.63) is 35.9 Å². The van der Waals surface area contributed by atoms with Crippen molar-refractivity contribution in [2.75, 3.05) is 33.5 Å². The van der Waals surface area contributed by atoms with E-state index in [1.165, 1.54) is 0 Å². The van der Waals surface area contributed by atoms with E-state index >= 15 is 0 Å². The van der Waals surface area contributed by atoms with Gasteiger partial charge in [0.1, 0.15) is 0 Å². The minimum Gasteiger partial charge on any atom is -0.493 e. The summed E-state index contributed by atoms with van der Waals surface area (Å²) < 4.78 is 16.2. The van der Waals surface area contributed by atoms with Crippen molar-refractivity contribution >= 4 is 0 Å². The smallest absolute Gasteiger partial charge is 0.161 e. The van der Waals surface area contributed by atoms with Crippen LogP contribution in [0.15, 0.2) is 30.4 Å². The summed E-state index contributed by atoms with van der Waals surface area (Å²) in [7, 11) is 1.65. The summed E-state index contributed by atoms with van der Waals surface area (Å²) in [4.78, 5) is 0. The Bertz CT molecular complexity index is 418. The van der Waals surface area contributed by atoms with E-state index in [9.17, 15) is 0 Å². The highest BCUT2D eigenvalue weighted by atomic mass is 16.5. The molecule has 0 fully saturated rings. The van der Waals surface area contributed by atoms with E-state index < -0.39 is 0 Å². The van der Waals surface area contributed by atoms with Gasteiger partial charge in [0.2, 0.25) is 0 Å². The second-order valence-corrected chi connectivity index (χ2v) is 4.60. The van der Waals surface area contributed by atoms with E-state index in [2.05, 4.69) is 11.9 Å². The number of rotatable bonds is 10. The molecular weight excluding hydrogens is 254 g/mol. The molecule has 0 amide bonds. The summed E-state index contributed by atoms with van der Waals surface area (Å²) in [6.45, 7) is 11.2. The van der Waals surface area contributed by atoms with Crippen LogP contribution in [0.2, 0.25) is 0 Å². The van der Waals surface area contributed by atoms with Crippen molar-refractivity contribution in [3.63, 3.8) is 0 Å². The van der Waals surface area contributed by atoms with E-state index in [0.29, 0.717) is 19.8 Å². The molecule has 0 radical (unpaired) electrons. The molecule has 0 atom stereocenters. The zero-order valence-corrected chi connectivity index (χ0v) is 12.7. The molecule has 112 valence electrons. The Balaban J connectivity index is 2.36. The highest BCUT2D eigenvalue weighted by Gasteiger charge is 2.04. The molecule has 4 nitrogen and oxygen atoms in total. The van der Waals surface area contributed by atoms with Gasteiger partial charge in [0.15, 0.2) is 11.5 Å². The molecule has 1 rings (SSSR count). The number of nitrogens with one attached hydrogen (secondary N) is 1. The first kappa shape index (κ1) is 16.5. The lowest BCUT2D eigenvalue weighted by Gasteiger charge is -2.11. The molecule has 0 spiro atoms. The van der Waals surface area contributed by atoms with Gasteiger partial charge < -0.3 is 19.5 Å². The molecule has 1 aromatic rings. The van der Waals surface area contributed by atoms with E-state index in [0.717, 1.165) is 35.7 Å². The van der Waals surface area contributed by atoms with Gasteiger partial charge in [-0.05, 0) is 31.5 Å². The van der Waals surface area contributed by atoms with Gasteiger partial charge in [-0.25, -0.2) is 0 Å². The lowest BCUT2D eigenvalue weighted by atomic mass is 10.2. The number of methoxy groups -OCH3 is 1. The molecule has 0 aliphatic rings. The number of hydrogen-bond acceptors (Lipinski definition) is 4. The Kier molecular flexibility index (Phi) is 7.77. The lowest BCUT2D eigenvalue weighted by molar-refractivity contribution is 0.157. The molecule has 0 aliphatic heterocycles. The second kappa shape index (κ2) is 9.39. The maximum absolute atomic E-state index is 5.55. The van der Waals surface area contributed by atoms with Crippen LogP contribution in [-0.4, -0.2) is 33.5 Å².